The van der Waals surface area contributed by atoms with Crippen molar-refractivity contribution in [3.63, 3.8) is 0 Å². The van der Waals surface area contributed by atoms with E-state index >= 15 is 0 Å². The second-order valence-corrected chi connectivity index (χ2v) is 8.31. The molecule has 0 radical (unpaired) electrons. The Hall–Kier alpha value is -2.78. The minimum absolute atomic E-state index is 0.101. The van der Waals surface area contributed by atoms with Crippen LogP contribution in [0.2, 0.25) is 0 Å². The largest absolute Gasteiger partial charge is 0.437 e. The zero-order chi connectivity index (χ0) is 22.4. The van der Waals surface area contributed by atoms with Gasteiger partial charge in [-0.05, 0) is 51.7 Å². The highest BCUT2D eigenvalue weighted by molar-refractivity contribution is 5.95. The lowest BCUT2D eigenvalue weighted by atomic mass is 9.85. The third-order valence-electron chi connectivity index (χ3n) is 6.44. The standard InChI is InChI=1S/C21H25F3N4O3/c1-14-17(27-10-4-3-6-16(27)25-14)18(29)28-11-5-7-20(28)8-12-26(13-9-20)19(30)31-15(2)21(22,23)24/h3-4,6,10,15H,5,7-9,11-13H2,1-2H3. The van der Waals surface area contributed by atoms with Crippen LogP contribution in [0, 0.1) is 6.92 Å². The van der Waals surface area contributed by atoms with Gasteiger partial charge in [0, 0.05) is 31.4 Å². The third kappa shape index (κ3) is 3.83. The number of carbonyl (C=O) groups is 2. The van der Waals surface area contributed by atoms with E-state index in [-0.39, 0.29) is 19.0 Å². The van der Waals surface area contributed by atoms with Crippen LogP contribution in [-0.2, 0) is 4.74 Å². The molecule has 31 heavy (non-hydrogen) atoms. The SMILES string of the molecule is Cc1nc2ccccn2c1C(=O)N1CCCC12CCN(C(=O)OC(C)C(F)(F)F)CC2. The van der Waals surface area contributed by atoms with E-state index in [9.17, 15) is 22.8 Å². The van der Waals surface area contributed by atoms with Gasteiger partial charge in [-0.15, -0.1) is 0 Å². The van der Waals surface area contributed by atoms with Crippen LogP contribution in [0.4, 0.5) is 18.0 Å². The fourth-order valence-corrected chi connectivity index (χ4v) is 4.67. The Balaban J connectivity index is 1.48. The van der Waals surface area contributed by atoms with E-state index in [4.69, 9.17) is 0 Å². The van der Waals surface area contributed by atoms with Crippen LogP contribution < -0.4 is 0 Å². The first-order valence-corrected chi connectivity index (χ1v) is 10.4. The summed E-state index contributed by atoms with van der Waals surface area (Å²) in [4.78, 5) is 33.3. The summed E-state index contributed by atoms with van der Waals surface area (Å²) in [5.41, 5.74) is 1.47. The van der Waals surface area contributed by atoms with Gasteiger partial charge in [0.25, 0.3) is 5.91 Å². The van der Waals surface area contributed by atoms with Crippen LogP contribution >= 0.6 is 0 Å². The molecule has 0 saturated carbocycles. The average molecular weight is 438 g/mol. The Morgan fingerprint density at radius 1 is 1.16 bits per heavy atom. The zero-order valence-corrected chi connectivity index (χ0v) is 17.5. The lowest BCUT2D eigenvalue weighted by molar-refractivity contribution is -0.200. The molecule has 2 aliphatic heterocycles. The fraction of sp³-hybridized carbons (Fsp3) is 0.571. The van der Waals surface area contributed by atoms with Crippen LogP contribution in [0.15, 0.2) is 24.4 Å². The first-order chi connectivity index (χ1) is 14.6. The first kappa shape index (κ1) is 21.5. The minimum Gasteiger partial charge on any atom is -0.437 e. The summed E-state index contributed by atoms with van der Waals surface area (Å²) >= 11 is 0. The van der Waals surface area contributed by atoms with E-state index < -0.39 is 23.9 Å². The van der Waals surface area contributed by atoms with Crippen molar-refractivity contribution in [2.45, 2.75) is 57.3 Å². The quantitative estimate of drug-likeness (QED) is 0.716. The van der Waals surface area contributed by atoms with E-state index in [1.165, 1.54) is 4.90 Å². The number of hydrogen-bond acceptors (Lipinski definition) is 4. The molecule has 2 amide bonds. The summed E-state index contributed by atoms with van der Waals surface area (Å²) in [6.07, 6.45) is -3.24. The second kappa shape index (κ2) is 7.72. The highest BCUT2D eigenvalue weighted by Gasteiger charge is 2.48. The van der Waals surface area contributed by atoms with Gasteiger partial charge in [0.15, 0.2) is 6.10 Å². The molecular weight excluding hydrogens is 413 g/mol. The average Bonchev–Trinajstić information content (AvgIpc) is 3.27. The van der Waals surface area contributed by atoms with E-state index in [0.29, 0.717) is 36.4 Å². The number of imidazole rings is 1. The molecule has 168 valence electrons. The number of likely N-dealkylation sites (tertiary alicyclic amines) is 2. The van der Waals surface area contributed by atoms with Gasteiger partial charge in [-0.25, -0.2) is 9.78 Å². The molecule has 4 rings (SSSR count). The number of nitrogens with zero attached hydrogens (tertiary/aromatic N) is 4. The number of ether oxygens (including phenoxy) is 1. The van der Waals surface area contributed by atoms with Crippen molar-refractivity contribution >= 4 is 17.6 Å². The molecule has 1 spiro atoms. The predicted molar refractivity (Wildman–Crippen MR) is 106 cm³/mol. The first-order valence-electron chi connectivity index (χ1n) is 10.4. The van der Waals surface area contributed by atoms with Crippen LogP contribution in [-0.4, -0.2) is 68.6 Å². The maximum atomic E-state index is 13.5. The van der Waals surface area contributed by atoms with Gasteiger partial charge in [-0.1, -0.05) is 6.07 Å². The zero-order valence-electron chi connectivity index (χ0n) is 17.5. The lowest BCUT2D eigenvalue weighted by Crippen LogP contribution is -2.55. The molecule has 0 bridgehead atoms. The number of hydrogen-bond donors (Lipinski definition) is 0. The van der Waals surface area contributed by atoms with Crippen LogP contribution in [0.25, 0.3) is 5.65 Å². The molecule has 7 nitrogen and oxygen atoms in total. The number of halogens is 3. The number of piperidine rings is 1. The summed E-state index contributed by atoms with van der Waals surface area (Å²) in [6, 6.07) is 5.55. The number of alkyl halides is 3. The van der Waals surface area contributed by atoms with Crippen molar-refractivity contribution in [3.8, 4) is 0 Å². The summed E-state index contributed by atoms with van der Waals surface area (Å²) in [7, 11) is 0. The molecule has 4 heterocycles. The molecule has 1 unspecified atom stereocenters. The van der Waals surface area contributed by atoms with Gasteiger partial charge in [0.05, 0.1) is 5.69 Å². The van der Waals surface area contributed by atoms with Gasteiger partial charge in [0.2, 0.25) is 0 Å². The second-order valence-electron chi connectivity index (χ2n) is 8.31. The maximum Gasteiger partial charge on any atom is 0.425 e. The number of aryl methyl sites for hydroxylation is 1. The number of pyridine rings is 1. The van der Waals surface area contributed by atoms with Crippen molar-refractivity contribution in [1.82, 2.24) is 19.2 Å². The normalized spacial score (nSPS) is 19.8. The Bertz CT molecular complexity index is 995. The molecule has 1 atom stereocenters. The molecule has 2 saturated heterocycles. The highest BCUT2D eigenvalue weighted by Crippen LogP contribution is 2.40. The molecule has 2 aromatic heterocycles. The van der Waals surface area contributed by atoms with E-state index in [2.05, 4.69) is 9.72 Å². The lowest BCUT2D eigenvalue weighted by Gasteiger charge is -2.44. The number of fused-ring (bicyclic) bond motifs is 1. The minimum atomic E-state index is -4.59. The highest BCUT2D eigenvalue weighted by atomic mass is 19.4. The van der Waals surface area contributed by atoms with Crippen LogP contribution in [0.5, 0.6) is 0 Å². The van der Waals surface area contributed by atoms with E-state index in [1.807, 2.05) is 36.2 Å². The summed E-state index contributed by atoms with van der Waals surface area (Å²) < 4.78 is 44.4. The Kier molecular flexibility index (Phi) is 5.35. The molecular formula is C21H25F3N4O3. The van der Waals surface area contributed by atoms with Crippen molar-refractivity contribution in [2.24, 2.45) is 0 Å². The van der Waals surface area contributed by atoms with E-state index in [1.54, 1.807) is 4.40 Å². The molecule has 0 aromatic carbocycles. The van der Waals surface area contributed by atoms with Crippen molar-refractivity contribution in [3.05, 3.63) is 35.8 Å². The monoisotopic (exact) mass is 438 g/mol. The molecule has 2 fully saturated rings. The Labute approximate surface area is 177 Å². The molecule has 0 N–H and O–H groups in total. The van der Waals surface area contributed by atoms with Crippen molar-refractivity contribution in [1.29, 1.82) is 0 Å². The topological polar surface area (TPSA) is 67.2 Å². The molecule has 2 aliphatic rings. The molecule has 2 aromatic rings. The van der Waals surface area contributed by atoms with Crippen LogP contribution in [0.1, 0.15) is 48.8 Å². The smallest absolute Gasteiger partial charge is 0.425 e. The van der Waals surface area contributed by atoms with Gasteiger partial charge in [-0.2, -0.15) is 13.2 Å². The van der Waals surface area contributed by atoms with Crippen molar-refractivity contribution in [2.75, 3.05) is 19.6 Å². The third-order valence-corrected chi connectivity index (χ3v) is 6.44. The number of carbonyl (C=O) groups excluding carboxylic acids is 2. The van der Waals surface area contributed by atoms with Gasteiger partial charge in [0.1, 0.15) is 11.3 Å². The summed E-state index contributed by atoms with van der Waals surface area (Å²) in [5, 5.41) is 0. The Morgan fingerprint density at radius 2 is 1.87 bits per heavy atom. The molecule has 0 aliphatic carbocycles. The number of rotatable bonds is 2. The van der Waals surface area contributed by atoms with Gasteiger partial charge >= 0.3 is 12.3 Å². The number of aromatic nitrogens is 2. The number of amides is 2. The van der Waals surface area contributed by atoms with E-state index in [0.717, 1.165) is 19.8 Å². The predicted octanol–water partition coefficient (Wildman–Crippen LogP) is 3.80. The maximum absolute atomic E-state index is 13.5. The Morgan fingerprint density at radius 3 is 2.55 bits per heavy atom. The van der Waals surface area contributed by atoms with Gasteiger partial charge < -0.3 is 14.5 Å². The summed E-state index contributed by atoms with van der Waals surface area (Å²) in [6.45, 7) is 3.73. The fourth-order valence-electron chi connectivity index (χ4n) is 4.67. The molecule has 10 heteroatoms. The van der Waals surface area contributed by atoms with Gasteiger partial charge in [-0.3, -0.25) is 9.20 Å². The summed E-state index contributed by atoms with van der Waals surface area (Å²) in [5.74, 6) is -0.101. The van der Waals surface area contributed by atoms with Crippen molar-refractivity contribution < 1.29 is 27.5 Å². The van der Waals surface area contributed by atoms with Crippen LogP contribution in [0.3, 0.4) is 0 Å².